The predicted octanol–water partition coefficient (Wildman–Crippen LogP) is 7.11. The minimum Gasteiger partial charge on any atom is -0.490 e. The van der Waals surface area contributed by atoms with Gasteiger partial charge in [0.15, 0.2) is 11.5 Å². The summed E-state index contributed by atoms with van der Waals surface area (Å²) in [6, 6.07) is 25.4. The van der Waals surface area contributed by atoms with Gasteiger partial charge in [0.25, 0.3) is 11.1 Å². The van der Waals surface area contributed by atoms with Crippen molar-refractivity contribution in [2.75, 3.05) is 18.5 Å². The van der Waals surface area contributed by atoms with Crippen molar-refractivity contribution >= 4 is 51.4 Å². The third kappa shape index (κ3) is 6.44. The minimum absolute atomic E-state index is 0.237. The fourth-order valence-electron chi connectivity index (χ4n) is 4.57. The lowest BCUT2D eigenvalue weighted by molar-refractivity contribution is -0.127. The molecule has 3 amide bonds. The van der Waals surface area contributed by atoms with E-state index in [4.69, 9.17) is 9.47 Å². The molecule has 0 aromatic heterocycles. The van der Waals surface area contributed by atoms with Crippen LogP contribution in [-0.4, -0.2) is 35.1 Å². The molecule has 1 aliphatic heterocycles. The molecule has 8 heteroatoms. The van der Waals surface area contributed by atoms with Crippen LogP contribution >= 0.6 is 11.8 Å². The van der Waals surface area contributed by atoms with Crippen molar-refractivity contribution in [3.05, 3.63) is 106 Å². The monoisotopic (exact) mass is 566 g/mol. The summed E-state index contributed by atoms with van der Waals surface area (Å²) in [6.07, 6.45) is 1.63. The highest BCUT2D eigenvalue weighted by molar-refractivity contribution is 8.18. The molecule has 4 aromatic rings. The molecule has 0 bridgehead atoms. The van der Waals surface area contributed by atoms with Gasteiger partial charge in [-0.1, -0.05) is 60.7 Å². The third-order valence-corrected chi connectivity index (χ3v) is 7.58. The SMILES string of the molecule is CCOc1cc(/C=C2/SC(=O)N(CC(=O)Nc3cc(C)ccc3C)C2=O)ccc1OCc1cccc2ccccc12. The van der Waals surface area contributed by atoms with Crippen LogP contribution in [0.5, 0.6) is 11.5 Å². The van der Waals surface area contributed by atoms with Gasteiger partial charge >= 0.3 is 0 Å². The topological polar surface area (TPSA) is 84.9 Å². The average Bonchev–Trinajstić information content (AvgIpc) is 3.22. The van der Waals surface area contributed by atoms with Crippen LogP contribution in [-0.2, 0) is 16.2 Å². The van der Waals surface area contributed by atoms with Crippen LogP contribution < -0.4 is 14.8 Å². The molecule has 0 saturated carbocycles. The van der Waals surface area contributed by atoms with Gasteiger partial charge in [-0.3, -0.25) is 19.3 Å². The number of aryl methyl sites for hydroxylation is 2. The van der Waals surface area contributed by atoms with E-state index in [1.165, 1.54) is 0 Å². The summed E-state index contributed by atoms with van der Waals surface area (Å²) in [4.78, 5) is 39.5. The molecule has 0 aliphatic carbocycles. The average molecular weight is 567 g/mol. The maximum Gasteiger partial charge on any atom is 0.294 e. The molecule has 208 valence electrons. The largest absolute Gasteiger partial charge is 0.490 e. The zero-order valence-corrected chi connectivity index (χ0v) is 23.9. The minimum atomic E-state index is -0.509. The normalized spacial score (nSPS) is 14.1. The highest BCUT2D eigenvalue weighted by atomic mass is 32.2. The van der Waals surface area contributed by atoms with Gasteiger partial charge in [-0.05, 0) is 89.8 Å². The first-order valence-electron chi connectivity index (χ1n) is 13.3. The maximum absolute atomic E-state index is 13.1. The first-order valence-corrected chi connectivity index (χ1v) is 14.1. The van der Waals surface area contributed by atoms with Crippen molar-refractivity contribution in [1.29, 1.82) is 0 Å². The number of ether oxygens (including phenoxy) is 2. The first kappa shape index (κ1) is 28.0. The summed E-state index contributed by atoms with van der Waals surface area (Å²) in [7, 11) is 0. The van der Waals surface area contributed by atoms with Gasteiger partial charge in [0.05, 0.1) is 11.5 Å². The molecule has 5 rings (SSSR count). The maximum atomic E-state index is 13.1. The summed E-state index contributed by atoms with van der Waals surface area (Å²) in [6.45, 7) is 6.13. The number of amides is 3. The second-order valence-corrected chi connectivity index (χ2v) is 10.7. The molecule has 0 unspecified atom stereocenters. The van der Waals surface area contributed by atoms with E-state index < -0.39 is 17.1 Å². The molecule has 1 aliphatic rings. The number of fused-ring (bicyclic) bond motifs is 1. The number of thioether (sulfide) groups is 1. The van der Waals surface area contributed by atoms with Gasteiger partial charge in [0, 0.05) is 5.69 Å². The van der Waals surface area contributed by atoms with E-state index in [-0.39, 0.29) is 11.4 Å². The van der Waals surface area contributed by atoms with Gasteiger partial charge in [0.2, 0.25) is 5.91 Å². The van der Waals surface area contributed by atoms with E-state index >= 15 is 0 Å². The quantitative estimate of drug-likeness (QED) is 0.217. The fraction of sp³-hybridized carbons (Fsp3) is 0.182. The summed E-state index contributed by atoms with van der Waals surface area (Å²) < 4.78 is 12.0. The van der Waals surface area contributed by atoms with Crippen molar-refractivity contribution in [1.82, 2.24) is 4.90 Å². The Kier molecular flexibility index (Phi) is 8.40. The predicted molar refractivity (Wildman–Crippen MR) is 163 cm³/mol. The summed E-state index contributed by atoms with van der Waals surface area (Å²) in [5.74, 6) is 0.167. The van der Waals surface area contributed by atoms with Crippen molar-refractivity contribution in [3.63, 3.8) is 0 Å². The van der Waals surface area contributed by atoms with Gasteiger partial charge in [-0.2, -0.15) is 0 Å². The molecule has 41 heavy (non-hydrogen) atoms. The molecule has 1 saturated heterocycles. The molecule has 7 nitrogen and oxygen atoms in total. The number of hydrogen-bond donors (Lipinski definition) is 1. The third-order valence-electron chi connectivity index (χ3n) is 6.67. The first-order chi connectivity index (χ1) is 19.8. The fourth-order valence-corrected chi connectivity index (χ4v) is 5.41. The van der Waals surface area contributed by atoms with Gasteiger partial charge in [-0.25, -0.2) is 0 Å². The van der Waals surface area contributed by atoms with Crippen molar-refractivity contribution in [3.8, 4) is 11.5 Å². The van der Waals surface area contributed by atoms with Gasteiger partial charge in [-0.15, -0.1) is 0 Å². The molecular formula is C33H30N2O5S. The van der Waals surface area contributed by atoms with Crippen molar-refractivity contribution in [2.45, 2.75) is 27.4 Å². The van der Waals surface area contributed by atoms with Crippen LogP contribution in [0.15, 0.2) is 83.8 Å². The van der Waals surface area contributed by atoms with Gasteiger partial charge in [0.1, 0.15) is 13.2 Å². The highest BCUT2D eigenvalue weighted by Gasteiger charge is 2.36. The lowest BCUT2D eigenvalue weighted by Gasteiger charge is -2.14. The van der Waals surface area contributed by atoms with Crippen LogP contribution in [0, 0.1) is 13.8 Å². The Morgan fingerprint density at radius 2 is 1.73 bits per heavy atom. The molecule has 0 atom stereocenters. The number of hydrogen-bond acceptors (Lipinski definition) is 6. The molecule has 4 aromatic carbocycles. The van der Waals surface area contributed by atoms with Crippen LogP contribution in [0.1, 0.15) is 29.2 Å². The second-order valence-electron chi connectivity index (χ2n) is 9.70. The number of benzene rings is 4. The standard InChI is InChI=1S/C33H30N2O5S/c1-4-39-29-17-23(14-15-28(29)40-20-25-10-7-9-24-8-5-6-11-26(24)25)18-30-32(37)35(33(38)41-30)19-31(36)34-27-16-21(2)12-13-22(27)3/h5-18H,4,19-20H2,1-3H3,(H,34,36)/b30-18+. The van der Waals surface area contributed by atoms with Crippen molar-refractivity contribution in [2.24, 2.45) is 0 Å². The number of anilines is 1. The molecular weight excluding hydrogens is 536 g/mol. The number of imide groups is 1. The van der Waals surface area contributed by atoms with Crippen LogP contribution in [0.2, 0.25) is 0 Å². The number of nitrogens with one attached hydrogen (secondary N) is 1. The molecule has 0 radical (unpaired) electrons. The lowest BCUT2D eigenvalue weighted by atomic mass is 10.1. The zero-order valence-electron chi connectivity index (χ0n) is 23.1. The number of carbonyl (C=O) groups is 3. The smallest absolute Gasteiger partial charge is 0.294 e. The van der Waals surface area contributed by atoms with E-state index in [9.17, 15) is 14.4 Å². The Morgan fingerprint density at radius 1 is 0.927 bits per heavy atom. The van der Waals surface area contributed by atoms with E-state index in [0.717, 1.165) is 44.1 Å². The molecule has 0 spiro atoms. The summed E-state index contributed by atoms with van der Waals surface area (Å²) >= 11 is 0.809. The van der Waals surface area contributed by atoms with E-state index in [2.05, 4.69) is 23.5 Å². The Hall–Kier alpha value is -4.56. The highest BCUT2D eigenvalue weighted by Crippen LogP contribution is 2.35. The van der Waals surface area contributed by atoms with Crippen LogP contribution in [0.25, 0.3) is 16.8 Å². The van der Waals surface area contributed by atoms with Crippen LogP contribution in [0.4, 0.5) is 10.5 Å². The van der Waals surface area contributed by atoms with Gasteiger partial charge < -0.3 is 14.8 Å². The van der Waals surface area contributed by atoms with E-state index in [0.29, 0.717) is 36.0 Å². The van der Waals surface area contributed by atoms with Crippen molar-refractivity contribution < 1.29 is 23.9 Å². The van der Waals surface area contributed by atoms with E-state index in [1.54, 1.807) is 18.2 Å². The molecule has 1 fully saturated rings. The molecule has 1 heterocycles. The summed E-state index contributed by atoms with van der Waals surface area (Å²) in [5.41, 5.74) is 4.29. The zero-order chi connectivity index (χ0) is 28.9. The van der Waals surface area contributed by atoms with E-state index in [1.807, 2.05) is 69.3 Å². The lowest BCUT2D eigenvalue weighted by Crippen LogP contribution is -2.36. The Bertz CT molecular complexity index is 1670. The Morgan fingerprint density at radius 3 is 2.56 bits per heavy atom. The second kappa shape index (κ2) is 12.3. The van der Waals surface area contributed by atoms with Crippen LogP contribution in [0.3, 0.4) is 0 Å². The number of carbonyl (C=O) groups excluding carboxylic acids is 3. The number of rotatable bonds is 9. The summed E-state index contributed by atoms with van der Waals surface area (Å²) in [5, 5.41) is 4.58. The Balaban J connectivity index is 1.29. The molecule has 1 N–H and O–H groups in total. The Labute approximate surface area is 243 Å². The number of nitrogens with zero attached hydrogens (tertiary/aromatic N) is 1.